The molecule has 1 aromatic heterocycles. The Labute approximate surface area is 171 Å². The average molecular weight is 405 g/mol. The van der Waals surface area contributed by atoms with Crippen LogP contribution in [0, 0.1) is 6.92 Å². The molecule has 1 saturated carbocycles. The lowest BCUT2D eigenvalue weighted by Crippen LogP contribution is -2.43. The van der Waals surface area contributed by atoms with Gasteiger partial charge >= 0.3 is 0 Å². The highest BCUT2D eigenvalue weighted by Gasteiger charge is 2.16. The van der Waals surface area contributed by atoms with Crippen molar-refractivity contribution in [2.24, 2.45) is 12.0 Å². The number of hydrogen-bond acceptors (Lipinski definition) is 4. The summed E-state index contributed by atoms with van der Waals surface area (Å²) in [5, 5.41) is 16.0. The standard InChI is InChI=1S/C20H29ClN6O/c1-14-25-26-19(27(14)2)13-23-20(24-16-6-4-5-7-16)22-11-10-15-8-9-17(28-3)12-18(15)21/h8-9,12,16H,4-7,10-11,13H2,1-3H3,(H2,22,23,24). The molecule has 0 unspecified atom stereocenters. The lowest BCUT2D eigenvalue weighted by Gasteiger charge is -2.17. The molecule has 0 radical (unpaired) electrons. The van der Waals surface area contributed by atoms with Crippen LogP contribution in [0.25, 0.3) is 0 Å². The zero-order chi connectivity index (χ0) is 19.9. The van der Waals surface area contributed by atoms with Crippen molar-refractivity contribution in [3.63, 3.8) is 0 Å². The number of methoxy groups -OCH3 is 1. The Hall–Kier alpha value is -2.28. The van der Waals surface area contributed by atoms with Crippen molar-refractivity contribution in [3.05, 3.63) is 40.4 Å². The van der Waals surface area contributed by atoms with Gasteiger partial charge in [0, 0.05) is 24.7 Å². The maximum absolute atomic E-state index is 6.35. The molecule has 2 aromatic rings. The van der Waals surface area contributed by atoms with E-state index in [1.807, 2.05) is 36.7 Å². The first-order chi connectivity index (χ1) is 13.6. The number of hydrogen-bond donors (Lipinski definition) is 2. The van der Waals surface area contributed by atoms with Crippen LogP contribution >= 0.6 is 11.6 Å². The van der Waals surface area contributed by atoms with Crippen molar-refractivity contribution < 1.29 is 4.74 Å². The van der Waals surface area contributed by atoms with Crippen LogP contribution in [0.1, 0.15) is 42.9 Å². The van der Waals surface area contributed by atoms with E-state index in [2.05, 4.69) is 20.8 Å². The normalized spacial score (nSPS) is 15.1. The molecular weight excluding hydrogens is 376 g/mol. The molecule has 0 amide bonds. The van der Waals surface area contributed by atoms with Crippen LogP contribution in [-0.4, -0.2) is 40.4 Å². The van der Waals surface area contributed by atoms with Crippen molar-refractivity contribution in [1.29, 1.82) is 0 Å². The number of rotatable bonds is 7. The lowest BCUT2D eigenvalue weighted by atomic mass is 10.1. The van der Waals surface area contributed by atoms with Gasteiger partial charge in [0.05, 0.1) is 7.11 Å². The molecule has 1 aromatic carbocycles. The molecule has 1 aliphatic carbocycles. The Kier molecular flexibility index (Phi) is 7.14. The SMILES string of the molecule is COc1ccc(CCNC(=NCc2nnc(C)n2C)NC2CCCC2)c(Cl)c1. The van der Waals surface area contributed by atoms with E-state index in [-0.39, 0.29) is 0 Å². The summed E-state index contributed by atoms with van der Waals surface area (Å²) in [6.45, 7) is 3.17. The minimum atomic E-state index is 0.483. The summed E-state index contributed by atoms with van der Waals surface area (Å²) in [4.78, 5) is 4.73. The van der Waals surface area contributed by atoms with Gasteiger partial charge in [0.25, 0.3) is 0 Å². The van der Waals surface area contributed by atoms with E-state index in [1.54, 1.807) is 7.11 Å². The molecule has 0 atom stereocenters. The topological polar surface area (TPSA) is 76.4 Å². The third-order valence-electron chi connectivity index (χ3n) is 5.20. The van der Waals surface area contributed by atoms with E-state index in [1.165, 1.54) is 25.7 Å². The molecule has 1 aliphatic rings. The molecule has 2 N–H and O–H groups in total. The van der Waals surface area contributed by atoms with E-state index in [0.29, 0.717) is 12.6 Å². The minimum absolute atomic E-state index is 0.483. The van der Waals surface area contributed by atoms with Gasteiger partial charge in [0.2, 0.25) is 0 Å². The maximum Gasteiger partial charge on any atom is 0.191 e. The molecular formula is C20H29ClN6O. The molecule has 0 bridgehead atoms. The Bertz CT molecular complexity index is 813. The zero-order valence-corrected chi connectivity index (χ0v) is 17.6. The smallest absolute Gasteiger partial charge is 0.191 e. The van der Waals surface area contributed by atoms with E-state index in [9.17, 15) is 0 Å². The first kappa shape index (κ1) is 20.5. The van der Waals surface area contributed by atoms with Crippen LogP contribution in [0.15, 0.2) is 23.2 Å². The number of ether oxygens (including phenoxy) is 1. The van der Waals surface area contributed by atoms with Crippen LogP contribution in [0.5, 0.6) is 5.75 Å². The summed E-state index contributed by atoms with van der Waals surface area (Å²) >= 11 is 6.35. The Balaban J connectivity index is 1.61. The largest absolute Gasteiger partial charge is 0.497 e. The molecule has 8 heteroatoms. The highest BCUT2D eigenvalue weighted by Crippen LogP contribution is 2.22. The highest BCUT2D eigenvalue weighted by molar-refractivity contribution is 6.31. The van der Waals surface area contributed by atoms with Gasteiger partial charge in [-0.15, -0.1) is 10.2 Å². The number of aromatic nitrogens is 3. The van der Waals surface area contributed by atoms with Crippen molar-refractivity contribution in [2.75, 3.05) is 13.7 Å². The first-order valence-corrected chi connectivity index (χ1v) is 10.2. The van der Waals surface area contributed by atoms with Gasteiger partial charge in [-0.3, -0.25) is 0 Å². The van der Waals surface area contributed by atoms with E-state index < -0.39 is 0 Å². The molecule has 1 heterocycles. The van der Waals surface area contributed by atoms with Crippen LogP contribution < -0.4 is 15.4 Å². The fourth-order valence-electron chi connectivity index (χ4n) is 3.33. The van der Waals surface area contributed by atoms with Gasteiger partial charge in [-0.2, -0.15) is 0 Å². The highest BCUT2D eigenvalue weighted by atomic mass is 35.5. The second kappa shape index (κ2) is 9.78. The fourth-order valence-corrected chi connectivity index (χ4v) is 3.59. The van der Waals surface area contributed by atoms with Gasteiger partial charge in [0.15, 0.2) is 11.8 Å². The third-order valence-corrected chi connectivity index (χ3v) is 5.56. The first-order valence-electron chi connectivity index (χ1n) is 9.79. The summed E-state index contributed by atoms with van der Waals surface area (Å²) < 4.78 is 7.18. The molecule has 1 fully saturated rings. The number of guanidine groups is 1. The molecule has 0 aliphatic heterocycles. The molecule has 28 heavy (non-hydrogen) atoms. The van der Waals surface area contributed by atoms with Crippen LogP contribution in [0.2, 0.25) is 5.02 Å². The lowest BCUT2D eigenvalue weighted by molar-refractivity contribution is 0.414. The molecule has 3 rings (SSSR count). The number of nitrogens with one attached hydrogen (secondary N) is 2. The van der Waals surface area contributed by atoms with Crippen molar-refractivity contribution >= 4 is 17.6 Å². The fraction of sp³-hybridized carbons (Fsp3) is 0.550. The Morgan fingerprint density at radius 3 is 2.75 bits per heavy atom. The Morgan fingerprint density at radius 1 is 1.32 bits per heavy atom. The summed E-state index contributed by atoms with van der Waals surface area (Å²) in [5.41, 5.74) is 1.08. The average Bonchev–Trinajstić information content (AvgIpc) is 3.31. The maximum atomic E-state index is 6.35. The van der Waals surface area contributed by atoms with E-state index in [4.69, 9.17) is 21.3 Å². The van der Waals surface area contributed by atoms with Crippen LogP contribution in [0.3, 0.4) is 0 Å². The number of nitrogens with zero attached hydrogens (tertiary/aromatic N) is 4. The summed E-state index contributed by atoms with van der Waals surface area (Å²) in [7, 11) is 3.60. The molecule has 0 spiro atoms. The molecule has 152 valence electrons. The van der Waals surface area contributed by atoms with Gasteiger partial charge in [-0.05, 0) is 43.9 Å². The quantitative estimate of drug-likeness (QED) is 0.548. The summed E-state index contributed by atoms with van der Waals surface area (Å²) in [6, 6.07) is 6.27. The number of aryl methyl sites for hydroxylation is 1. The van der Waals surface area contributed by atoms with Gasteiger partial charge in [-0.1, -0.05) is 30.5 Å². The second-order valence-electron chi connectivity index (χ2n) is 7.15. The van der Waals surface area contributed by atoms with Gasteiger partial charge in [-0.25, -0.2) is 4.99 Å². The number of halogens is 1. The van der Waals surface area contributed by atoms with Crippen molar-refractivity contribution in [1.82, 2.24) is 25.4 Å². The Morgan fingerprint density at radius 2 is 2.11 bits per heavy atom. The molecule has 0 saturated heterocycles. The predicted octanol–water partition coefficient (Wildman–Crippen LogP) is 3.01. The van der Waals surface area contributed by atoms with Gasteiger partial charge in [0.1, 0.15) is 18.1 Å². The van der Waals surface area contributed by atoms with Gasteiger partial charge < -0.3 is 19.9 Å². The zero-order valence-electron chi connectivity index (χ0n) is 16.8. The summed E-state index contributed by atoms with van der Waals surface area (Å²) in [6.07, 6.45) is 5.73. The summed E-state index contributed by atoms with van der Waals surface area (Å²) in [5.74, 6) is 3.32. The number of aliphatic imine (C=N–C) groups is 1. The van der Waals surface area contributed by atoms with E-state index >= 15 is 0 Å². The van der Waals surface area contributed by atoms with Crippen LogP contribution in [-0.2, 0) is 20.0 Å². The predicted molar refractivity (Wildman–Crippen MR) is 112 cm³/mol. The third kappa shape index (κ3) is 5.38. The van der Waals surface area contributed by atoms with Crippen LogP contribution in [0.4, 0.5) is 0 Å². The van der Waals surface area contributed by atoms with Crippen molar-refractivity contribution in [2.45, 2.75) is 51.6 Å². The minimum Gasteiger partial charge on any atom is -0.497 e. The van der Waals surface area contributed by atoms with Crippen molar-refractivity contribution in [3.8, 4) is 5.75 Å². The number of benzene rings is 1. The second-order valence-corrected chi connectivity index (χ2v) is 7.55. The monoisotopic (exact) mass is 404 g/mol. The molecule has 7 nitrogen and oxygen atoms in total. The van der Waals surface area contributed by atoms with E-state index in [0.717, 1.165) is 46.9 Å².